The number of aliphatic carboxylic acids is 2. The van der Waals surface area contributed by atoms with Crippen LogP contribution in [0.1, 0.15) is 19.3 Å². The molecular weight excluding hydrogens is 520 g/mol. The first-order valence-electron chi connectivity index (χ1n) is 10.5. The lowest BCUT2D eigenvalue weighted by Crippen LogP contribution is -2.58. The van der Waals surface area contributed by atoms with E-state index >= 15 is 0 Å². The van der Waals surface area contributed by atoms with Gasteiger partial charge in [0, 0.05) is 18.1 Å². The van der Waals surface area contributed by atoms with Crippen molar-refractivity contribution >= 4 is 66.8 Å². The van der Waals surface area contributed by atoms with Crippen molar-refractivity contribution in [2.24, 2.45) is 22.2 Å². The molecule has 0 aliphatic rings. The molecule has 0 bridgehead atoms. The Morgan fingerprint density at radius 1 is 0.778 bits per heavy atom. The zero-order chi connectivity index (χ0) is 27.8. The van der Waals surface area contributed by atoms with Gasteiger partial charge in [-0.3, -0.25) is 33.8 Å². The average Bonchev–Trinajstić information content (AvgIpc) is 2.80. The predicted octanol–water partition coefficient (Wildman–Crippen LogP) is -4.64. The Labute approximate surface area is 217 Å². The van der Waals surface area contributed by atoms with Crippen LogP contribution in [0.3, 0.4) is 0 Å². The molecule has 0 aromatic heterocycles. The summed E-state index contributed by atoms with van der Waals surface area (Å²) in [5, 5.41) is 26.8. The summed E-state index contributed by atoms with van der Waals surface area (Å²) in [6, 6.07) is -5.23. The van der Waals surface area contributed by atoms with Gasteiger partial charge in [0.25, 0.3) is 0 Å². The molecule has 4 amide bonds. The molecule has 16 nitrogen and oxygen atoms in total. The highest BCUT2D eigenvalue weighted by Crippen LogP contribution is 2.02. The van der Waals surface area contributed by atoms with E-state index in [4.69, 9.17) is 27.4 Å². The first-order chi connectivity index (χ1) is 16.8. The standard InChI is InChI=1S/C18H32N8O8S2/c19-8(6-35)14(31)25-10(4-12(27)28)16(33)26-11(7-36)17(34)24-9(2-1-3-22-18(20)21)15(32)23-5-13(29)30/h8-11,35-36H,1-7,19H2,(H,23,32)(H,24,34)(H,25,31)(H,26,33)(H,27,28)(H,29,30)(H4,20,21,22)/t8-,9-,10-,11-/m0/s1. The van der Waals surface area contributed by atoms with Crippen molar-refractivity contribution in [3.8, 4) is 0 Å². The van der Waals surface area contributed by atoms with Gasteiger partial charge in [0.2, 0.25) is 23.6 Å². The number of hydrogen-bond acceptors (Lipinski definition) is 10. The van der Waals surface area contributed by atoms with Crippen molar-refractivity contribution in [3.05, 3.63) is 0 Å². The van der Waals surface area contributed by atoms with Crippen LogP contribution in [-0.2, 0) is 28.8 Å². The molecule has 0 aromatic rings. The molecule has 0 saturated carbocycles. The summed E-state index contributed by atoms with van der Waals surface area (Å²) in [7, 11) is 0. The van der Waals surface area contributed by atoms with Crippen LogP contribution in [0.25, 0.3) is 0 Å². The van der Waals surface area contributed by atoms with Gasteiger partial charge in [-0.15, -0.1) is 0 Å². The highest BCUT2D eigenvalue weighted by molar-refractivity contribution is 7.80. The SMILES string of the molecule is NC(N)=NCCC[C@H](NC(=O)[C@H](CS)NC(=O)[C@H](CC(=O)O)NC(=O)[C@@H](N)CS)C(=O)NCC(=O)O. The van der Waals surface area contributed by atoms with Crippen LogP contribution in [0.15, 0.2) is 4.99 Å². The van der Waals surface area contributed by atoms with Crippen molar-refractivity contribution in [2.75, 3.05) is 24.6 Å². The Bertz CT molecular complexity index is 840. The van der Waals surface area contributed by atoms with Crippen LogP contribution >= 0.6 is 25.3 Å². The maximum Gasteiger partial charge on any atom is 0.322 e. The van der Waals surface area contributed by atoms with Crippen molar-refractivity contribution in [3.63, 3.8) is 0 Å². The number of hydrogen-bond donors (Lipinski definition) is 11. The van der Waals surface area contributed by atoms with Crippen LogP contribution in [0, 0.1) is 0 Å². The number of aliphatic imine (C=N–C) groups is 1. The summed E-state index contributed by atoms with van der Waals surface area (Å²) in [6.07, 6.45) is -0.553. The minimum Gasteiger partial charge on any atom is -0.481 e. The number of nitrogens with two attached hydrogens (primary N) is 3. The minimum absolute atomic E-state index is 0.0144. The van der Waals surface area contributed by atoms with Crippen molar-refractivity contribution in [1.29, 1.82) is 0 Å². The Balaban J connectivity index is 5.43. The lowest BCUT2D eigenvalue weighted by atomic mass is 10.1. The van der Waals surface area contributed by atoms with Gasteiger partial charge >= 0.3 is 11.9 Å². The van der Waals surface area contributed by atoms with Crippen molar-refractivity contribution < 1.29 is 39.0 Å². The van der Waals surface area contributed by atoms with Crippen LogP contribution in [0.4, 0.5) is 0 Å². The summed E-state index contributed by atoms with van der Waals surface area (Å²) in [5.41, 5.74) is 16.0. The third kappa shape index (κ3) is 13.6. The highest BCUT2D eigenvalue weighted by atomic mass is 32.1. The summed E-state index contributed by atoms with van der Waals surface area (Å²) in [6.45, 7) is -0.574. The maximum absolute atomic E-state index is 12.8. The molecule has 0 unspecified atom stereocenters. The van der Waals surface area contributed by atoms with E-state index in [1.165, 1.54) is 0 Å². The summed E-state index contributed by atoms with van der Waals surface area (Å²) in [4.78, 5) is 75.4. The molecule has 0 spiro atoms. The predicted molar refractivity (Wildman–Crippen MR) is 134 cm³/mol. The van der Waals surface area contributed by atoms with E-state index in [1.807, 2.05) is 0 Å². The number of guanidine groups is 1. The number of thiol groups is 2. The van der Waals surface area contributed by atoms with Crippen LogP contribution < -0.4 is 38.5 Å². The fourth-order valence-electron chi connectivity index (χ4n) is 2.54. The van der Waals surface area contributed by atoms with E-state index in [0.717, 1.165) is 0 Å². The van der Waals surface area contributed by atoms with Gasteiger partial charge < -0.3 is 48.7 Å². The van der Waals surface area contributed by atoms with Gasteiger partial charge in [0.1, 0.15) is 24.7 Å². The molecule has 12 N–H and O–H groups in total. The summed E-state index contributed by atoms with van der Waals surface area (Å²) >= 11 is 7.86. The van der Waals surface area contributed by atoms with E-state index in [2.05, 4.69) is 51.5 Å². The molecule has 0 fully saturated rings. The lowest BCUT2D eigenvalue weighted by molar-refractivity contribution is -0.141. The molecule has 18 heteroatoms. The van der Waals surface area contributed by atoms with Crippen molar-refractivity contribution in [2.45, 2.75) is 43.4 Å². The summed E-state index contributed by atoms with van der Waals surface area (Å²) in [5.74, 6) is -6.74. The molecule has 4 atom stereocenters. The van der Waals surface area contributed by atoms with Gasteiger partial charge in [-0.05, 0) is 12.8 Å². The van der Waals surface area contributed by atoms with E-state index in [-0.39, 0.29) is 36.9 Å². The fourth-order valence-corrected chi connectivity index (χ4v) is 2.97. The summed E-state index contributed by atoms with van der Waals surface area (Å²) < 4.78 is 0. The molecular formula is C18H32N8O8S2. The van der Waals surface area contributed by atoms with Crippen LogP contribution in [0.5, 0.6) is 0 Å². The zero-order valence-corrected chi connectivity index (χ0v) is 21.0. The van der Waals surface area contributed by atoms with E-state index < -0.39 is 72.7 Å². The molecule has 0 rings (SSSR count). The number of carbonyl (C=O) groups is 6. The fraction of sp³-hybridized carbons (Fsp3) is 0.611. The Hall–Kier alpha value is -3.25. The number of carboxylic acid groups (broad SMARTS) is 2. The molecule has 36 heavy (non-hydrogen) atoms. The highest BCUT2D eigenvalue weighted by Gasteiger charge is 2.30. The van der Waals surface area contributed by atoms with Gasteiger partial charge in [0.15, 0.2) is 5.96 Å². The molecule has 0 aliphatic carbocycles. The van der Waals surface area contributed by atoms with Gasteiger partial charge in [-0.25, -0.2) is 0 Å². The van der Waals surface area contributed by atoms with Gasteiger partial charge in [-0.1, -0.05) is 0 Å². The average molecular weight is 553 g/mol. The quantitative estimate of drug-likeness (QED) is 0.0353. The third-order valence-electron chi connectivity index (χ3n) is 4.35. The first kappa shape index (κ1) is 32.8. The maximum atomic E-state index is 12.8. The molecule has 0 aliphatic heterocycles. The third-order valence-corrected chi connectivity index (χ3v) is 5.11. The van der Waals surface area contributed by atoms with Gasteiger partial charge in [0.05, 0.1) is 12.5 Å². The van der Waals surface area contributed by atoms with Crippen LogP contribution in [-0.4, -0.2) is 101 Å². The number of carboxylic acids is 2. The number of carbonyl (C=O) groups excluding carboxylic acids is 4. The van der Waals surface area contributed by atoms with E-state index in [9.17, 15) is 28.8 Å². The molecule has 0 radical (unpaired) electrons. The number of nitrogens with zero attached hydrogens (tertiary/aromatic N) is 1. The smallest absolute Gasteiger partial charge is 0.322 e. The van der Waals surface area contributed by atoms with Crippen molar-refractivity contribution in [1.82, 2.24) is 21.3 Å². The number of nitrogens with one attached hydrogen (secondary N) is 4. The second-order valence-electron chi connectivity index (χ2n) is 7.31. The van der Waals surface area contributed by atoms with Crippen LogP contribution in [0.2, 0.25) is 0 Å². The largest absolute Gasteiger partial charge is 0.481 e. The lowest BCUT2D eigenvalue weighted by Gasteiger charge is -2.24. The number of rotatable bonds is 17. The van der Waals surface area contributed by atoms with E-state index in [0.29, 0.717) is 0 Å². The molecule has 0 heterocycles. The second-order valence-corrected chi connectivity index (χ2v) is 8.04. The second kappa shape index (κ2) is 17.2. The molecule has 0 aromatic carbocycles. The Morgan fingerprint density at radius 2 is 1.33 bits per heavy atom. The zero-order valence-electron chi connectivity index (χ0n) is 19.2. The normalized spacial score (nSPS) is 13.8. The first-order valence-corrected chi connectivity index (χ1v) is 11.7. The minimum atomic E-state index is -1.56. The molecule has 0 saturated heterocycles. The van der Waals surface area contributed by atoms with Gasteiger partial charge in [-0.2, -0.15) is 25.3 Å². The number of amides is 4. The molecule has 204 valence electrons. The van der Waals surface area contributed by atoms with E-state index in [1.54, 1.807) is 0 Å². The Morgan fingerprint density at radius 3 is 1.83 bits per heavy atom. The Kier molecular flexibility index (Phi) is 15.7. The monoisotopic (exact) mass is 552 g/mol. The topological polar surface area (TPSA) is 281 Å².